The summed E-state index contributed by atoms with van der Waals surface area (Å²) in [5.41, 5.74) is -4.30. The van der Waals surface area contributed by atoms with E-state index in [0.29, 0.717) is 0 Å². The lowest BCUT2D eigenvalue weighted by molar-refractivity contribution is -0.143. The Morgan fingerprint density at radius 2 is 1.57 bits per heavy atom. The fourth-order valence-electron chi connectivity index (χ4n) is 2.39. The zero-order valence-corrected chi connectivity index (χ0v) is 15.1. The van der Waals surface area contributed by atoms with Crippen LogP contribution in [0.5, 0.6) is 0 Å². The van der Waals surface area contributed by atoms with E-state index >= 15 is 0 Å². The number of rotatable bonds is 3. The van der Waals surface area contributed by atoms with Crippen molar-refractivity contribution in [1.29, 1.82) is 0 Å². The quantitative estimate of drug-likeness (QED) is 0.463. The van der Waals surface area contributed by atoms with Crippen molar-refractivity contribution in [3.8, 4) is 0 Å². The predicted octanol–water partition coefficient (Wildman–Crippen LogP) is 4.66. The largest absolute Gasteiger partial charge is 0.416 e. The van der Waals surface area contributed by atoms with E-state index in [9.17, 15) is 45.5 Å². The maximum Gasteiger partial charge on any atom is 0.416 e. The van der Waals surface area contributed by atoms with Crippen molar-refractivity contribution in [3.63, 3.8) is 0 Å². The molecule has 0 bridgehead atoms. The Balaban J connectivity index is 2.50. The van der Waals surface area contributed by atoms with Gasteiger partial charge in [0.2, 0.25) is 5.91 Å². The smallest absolute Gasteiger partial charge is 0.325 e. The third kappa shape index (κ3) is 4.60. The summed E-state index contributed by atoms with van der Waals surface area (Å²) in [6, 6.07) is 0.323. The second kappa shape index (κ2) is 7.22. The third-order valence-electron chi connectivity index (χ3n) is 3.89. The van der Waals surface area contributed by atoms with Crippen LogP contribution in [-0.2, 0) is 21.7 Å². The SMILES string of the molecule is O=C(Nc1cc(C(F)(F)F)cc(C(F)(F)F)c1)C1(P(=O)(O)O)C=CC(Cl)=CC1. The summed E-state index contributed by atoms with van der Waals surface area (Å²) in [4.78, 5) is 31.6. The van der Waals surface area contributed by atoms with Crippen LogP contribution in [0.3, 0.4) is 0 Å². The lowest BCUT2D eigenvalue weighted by atomic mass is 9.98. The topological polar surface area (TPSA) is 86.6 Å². The summed E-state index contributed by atoms with van der Waals surface area (Å²) in [5, 5.41) is -0.734. The minimum absolute atomic E-state index is 0.0512. The molecule has 28 heavy (non-hydrogen) atoms. The highest BCUT2D eigenvalue weighted by molar-refractivity contribution is 7.55. The zero-order chi connectivity index (χ0) is 21.5. The Kier molecular flexibility index (Phi) is 5.79. The minimum atomic E-state index is -5.23. The van der Waals surface area contributed by atoms with Crippen LogP contribution < -0.4 is 5.32 Å². The number of halogens is 7. The van der Waals surface area contributed by atoms with Gasteiger partial charge >= 0.3 is 19.9 Å². The number of amides is 1. The summed E-state index contributed by atoms with van der Waals surface area (Å²) >= 11 is 5.64. The van der Waals surface area contributed by atoms with Crippen molar-refractivity contribution in [3.05, 3.63) is 52.6 Å². The van der Waals surface area contributed by atoms with Gasteiger partial charge in [-0.25, -0.2) is 0 Å². The molecule has 0 fully saturated rings. The van der Waals surface area contributed by atoms with Gasteiger partial charge in [0.15, 0.2) is 5.16 Å². The predicted molar refractivity (Wildman–Crippen MR) is 87.5 cm³/mol. The Bertz CT molecular complexity index is 873. The first kappa shape index (κ1) is 22.5. The van der Waals surface area contributed by atoms with Crippen molar-refractivity contribution in [1.82, 2.24) is 0 Å². The maximum absolute atomic E-state index is 12.9. The van der Waals surface area contributed by atoms with E-state index in [4.69, 9.17) is 11.6 Å². The molecule has 0 radical (unpaired) electrons. The lowest BCUT2D eigenvalue weighted by Gasteiger charge is -2.31. The van der Waals surface area contributed by atoms with Crippen LogP contribution >= 0.6 is 19.2 Å². The Morgan fingerprint density at radius 3 is 1.93 bits per heavy atom. The molecule has 1 amide bonds. The molecule has 0 heterocycles. The van der Waals surface area contributed by atoms with E-state index in [1.807, 2.05) is 0 Å². The van der Waals surface area contributed by atoms with Gasteiger partial charge in [0.1, 0.15) is 0 Å². The number of carbonyl (C=O) groups excluding carboxylic acids is 1. The molecule has 0 saturated heterocycles. The second-order valence-corrected chi connectivity index (χ2v) is 8.17. The average Bonchev–Trinajstić information content (AvgIpc) is 2.52. The van der Waals surface area contributed by atoms with Gasteiger partial charge in [-0.1, -0.05) is 23.8 Å². The van der Waals surface area contributed by atoms with Gasteiger partial charge in [-0.2, -0.15) is 26.3 Å². The molecule has 1 aliphatic rings. The van der Waals surface area contributed by atoms with Crippen molar-refractivity contribution in [2.75, 3.05) is 5.32 Å². The van der Waals surface area contributed by atoms with Gasteiger partial charge < -0.3 is 15.1 Å². The number of anilines is 1. The van der Waals surface area contributed by atoms with Gasteiger partial charge in [0, 0.05) is 10.7 Å². The summed E-state index contributed by atoms with van der Waals surface area (Å²) in [6.07, 6.45) is -8.05. The van der Waals surface area contributed by atoms with E-state index in [1.165, 1.54) is 0 Å². The molecule has 1 aromatic carbocycles. The van der Waals surface area contributed by atoms with Crippen molar-refractivity contribution < 1.29 is 45.5 Å². The summed E-state index contributed by atoms with van der Waals surface area (Å²) in [7, 11) is -5.23. The normalized spacial score (nSPS) is 20.7. The second-order valence-electron chi connectivity index (χ2n) is 5.84. The van der Waals surface area contributed by atoms with E-state index < -0.39 is 54.2 Å². The molecule has 2 rings (SSSR count). The highest BCUT2D eigenvalue weighted by Gasteiger charge is 2.52. The fourth-order valence-corrected chi connectivity index (χ4v) is 3.45. The molecule has 154 valence electrons. The number of carbonyl (C=O) groups is 1. The van der Waals surface area contributed by atoms with E-state index in [2.05, 4.69) is 0 Å². The minimum Gasteiger partial charge on any atom is -0.325 e. The lowest BCUT2D eigenvalue weighted by Crippen LogP contribution is -2.41. The standard InChI is InChI=1S/C15H11ClF6NO4P/c16-10-1-3-13(4-2-10,28(25,26)27)12(24)23-11-6-8(14(17,18)19)5-9(7-11)15(20,21)22/h1-3,5-7H,4H2,(H,23,24)(H2,25,26,27). The Hall–Kier alpha value is -1.81. The van der Waals surface area contributed by atoms with Crippen LogP contribution in [0, 0.1) is 0 Å². The highest BCUT2D eigenvalue weighted by Crippen LogP contribution is 2.55. The van der Waals surface area contributed by atoms with Gasteiger partial charge in [-0.05, 0) is 30.7 Å². The van der Waals surface area contributed by atoms with Crippen LogP contribution in [0.15, 0.2) is 41.5 Å². The highest BCUT2D eigenvalue weighted by atomic mass is 35.5. The van der Waals surface area contributed by atoms with Gasteiger partial charge in [0.25, 0.3) is 0 Å². The van der Waals surface area contributed by atoms with Crippen molar-refractivity contribution >= 4 is 30.8 Å². The summed E-state index contributed by atoms with van der Waals surface area (Å²) in [5.74, 6) is -1.48. The molecule has 5 nitrogen and oxygen atoms in total. The molecule has 1 aromatic rings. The molecular formula is C15H11ClF6NO4P. The molecule has 0 aliphatic heterocycles. The zero-order valence-electron chi connectivity index (χ0n) is 13.5. The Morgan fingerprint density at radius 1 is 1.07 bits per heavy atom. The first-order valence-electron chi connectivity index (χ1n) is 7.28. The summed E-state index contributed by atoms with van der Waals surface area (Å²) < 4.78 is 89.2. The van der Waals surface area contributed by atoms with Crippen LogP contribution in [0.2, 0.25) is 0 Å². The van der Waals surface area contributed by atoms with Crippen LogP contribution in [-0.4, -0.2) is 20.9 Å². The molecule has 0 spiro atoms. The van der Waals surface area contributed by atoms with Gasteiger partial charge in [-0.3, -0.25) is 9.36 Å². The van der Waals surface area contributed by atoms with Crippen molar-refractivity contribution in [2.45, 2.75) is 23.9 Å². The molecule has 1 aliphatic carbocycles. The fraction of sp³-hybridized carbons (Fsp3) is 0.267. The molecule has 1 atom stereocenters. The van der Waals surface area contributed by atoms with Gasteiger partial charge in [0.05, 0.1) is 11.1 Å². The number of allylic oxidation sites excluding steroid dienone is 3. The van der Waals surface area contributed by atoms with E-state index in [-0.39, 0.29) is 23.2 Å². The van der Waals surface area contributed by atoms with Gasteiger partial charge in [-0.15, -0.1) is 0 Å². The molecule has 1 unspecified atom stereocenters. The third-order valence-corrected chi connectivity index (χ3v) is 5.74. The summed E-state index contributed by atoms with van der Waals surface area (Å²) in [6.45, 7) is 0. The van der Waals surface area contributed by atoms with Crippen LogP contribution in [0.4, 0.5) is 32.0 Å². The monoisotopic (exact) mass is 449 g/mol. The molecule has 3 N–H and O–H groups in total. The molecule has 13 heteroatoms. The number of hydrogen-bond acceptors (Lipinski definition) is 2. The molecule has 0 aromatic heterocycles. The molecule has 0 saturated carbocycles. The first-order chi connectivity index (χ1) is 12.6. The Labute approximate surface area is 158 Å². The van der Waals surface area contributed by atoms with E-state index in [1.54, 1.807) is 5.32 Å². The molecular weight excluding hydrogens is 439 g/mol. The first-order valence-corrected chi connectivity index (χ1v) is 9.27. The number of alkyl halides is 6. The number of nitrogens with one attached hydrogen (secondary N) is 1. The van der Waals surface area contributed by atoms with E-state index in [0.717, 1.165) is 18.2 Å². The average molecular weight is 450 g/mol. The van der Waals surface area contributed by atoms with Crippen molar-refractivity contribution in [2.24, 2.45) is 0 Å². The number of hydrogen-bond donors (Lipinski definition) is 3. The number of benzene rings is 1. The maximum atomic E-state index is 12.9. The van der Waals surface area contributed by atoms with Crippen LogP contribution in [0.1, 0.15) is 17.5 Å². The van der Waals surface area contributed by atoms with Crippen LogP contribution in [0.25, 0.3) is 0 Å².